The van der Waals surface area contributed by atoms with Crippen molar-refractivity contribution in [3.05, 3.63) is 6.33 Å². The molecule has 2 heterocycles. The quantitative estimate of drug-likeness (QED) is 0.735. The lowest BCUT2D eigenvalue weighted by Gasteiger charge is -2.24. The smallest absolute Gasteiger partial charge is 0.240 e. The van der Waals surface area contributed by atoms with Crippen molar-refractivity contribution in [1.82, 2.24) is 9.97 Å². The predicted octanol–water partition coefficient (Wildman–Crippen LogP) is -0.479. The van der Waals surface area contributed by atoms with E-state index in [2.05, 4.69) is 9.97 Å². The van der Waals surface area contributed by atoms with Crippen LogP contribution in [0.25, 0.3) is 0 Å². The minimum atomic E-state index is -0.360. The fraction of sp³-hybridized carbons (Fsp3) is 0.500. The van der Waals surface area contributed by atoms with Gasteiger partial charge >= 0.3 is 0 Å². The van der Waals surface area contributed by atoms with E-state index in [0.29, 0.717) is 18.1 Å². The van der Waals surface area contributed by atoms with E-state index in [-0.39, 0.29) is 17.8 Å². The molecule has 1 fully saturated rings. The van der Waals surface area contributed by atoms with Gasteiger partial charge in [-0.1, -0.05) is 0 Å². The van der Waals surface area contributed by atoms with Crippen LogP contribution in [0.5, 0.6) is 5.75 Å². The topological polar surface area (TPSA) is 107 Å². The van der Waals surface area contributed by atoms with Crippen molar-refractivity contribution in [2.24, 2.45) is 5.73 Å². The van der Waals surface area contributed by atoms with E-state index in [1.807, 2.05) is 4.90 Å². The Morgan fingerprint density at radius 3 is 3.00 bits per heavy atom. The van der Waals surface area contributed by atoms with Gasteiger partial charge in [0.25, 0.3) is 0 Å². The first-order chi connectivity index (χ1) is 8.15. The van der Waals surface area contributed by atoms with Crippen molar-refractivity contribution in [2.75, 3.05) is 24.3 Å². The van der Waals surface area contributed by atoms with Crippen molar-refractivity contribution in [2.45, 2.75) is 18.9 Å². The number of methoxy groups -OCH3 is 1. The zero-order chi connectivity index (χ0) is 12.4. The van der Waals surface area contributed by atoms with Gasteiger partial charge in [-0.25, -0.2) is 9.97 Å². The highest BCUT2D eigenvalue weighted by Gasteiger charge is 2.32. The maximum absolute atomic E-state index is 11.3. The summed E-state index contributed by atoms with van der Waals surface area (Å²) in [6.45, 7) is 0.709. The van der Waals surface area contributed by atoms with E-state index in [9.17, 15) is 4.79 Å². The van der Waals surface area contributed by atoms with Crippen LogP contribution in [0.15, 0.2) is 6.33 Å². The molecule has 17 heavy (non-hydrogen) atoms. The van der Waals surface area contributed by atoms with Gasteiger partial charge in [0.15, 0.2) is 11.6 Å². The van der Waals surface area contributed by atoms with Crippen LogP contribution in [0.3, 0.4) is 0 Å². The average Bonchev–Trinajstić information content (AvgIpc) is 2.77. The number of rotatable bonds is 3. The minimum absolute atomic E-state index is 0.257. The molecule has 2 rings (SSSR count). The molecule has 1 saturated heterocycles. The number of amides is 1. The van der Waals surface area contributed by atoms with Gasteiger partial charge in [0.2, 0.25) is 11.7 Å². The highest BCUT2D eigenvalue weighted by atomic mass is 16.5. The van der Waals surface area contributed by atoms with Gasteiger partial charge in [-0.3, -0.25) is 4.79 Å². The first kappa shape index (κ1) is 11.4. The van der Waals surface area contributed by atoms with E-state index in [4.69, 9.17) is 16.2 Å². The second kappa shape index (κ2) is 4.44. The van der Waals surface area contributed by atoms with Gasteiger partial charge in [-0.05, 0) is 12.8 Å². The molecule has 1 aliphatic rings. The molecule has 1 unspecified atom stereocenters. The average molecular weight is 237 g/mol. The fourth-order valence-corrected chi connectivity index (χ4v) is 2.09. The number of primary amides is 1. The first-order valence-electron chi connectivity index (χ1n) is 5.35. The molecular formula is C10H15N5O2. The molecule has 0 aromatic carbocycles. The van der Waals surface area contributed by atoms with Crippen LogP contribution in [0, 0.1) is 0 Å². The number of ether oxygens (including phenoxy) is 1. The predicted molar refractivity (Wildman–Crippen MR) is 62.6 cm³/mol. The molecule has 0 aliphatic carbocycles. The van der Waals surface area contributed by atoms with E-state index >= 15 is 0 Å². The monoisotopic (exact) mass is 237 g/mol. The van der Waals surface area contributed by atoms with Gasteiger partial charge in [-0.2, -0.15) is 0 Å². The molecule has 0 bridgehead atoms. The molecule has 92 valence electrons. The number of carbonyl (C=O) groups excluding carboxylic acids is 1. The number of anilines is 2. The standard InChI is InChI=1S/C10H15N5O2/c1-17-7-8(11)13-5-14-10(7)15-4-2-3-6(15)9(12)16/h5-6H,2-4H2,1H3,(H2,12,16)(H2,11,13,14). The van der Waals surface area contributed by atoms with Crippen molar-refractivity contribution >= 4 is 17.5 Å². The first-order valence-corrected chi connectivity index (χ1v) is 5.35. The molecule has 1 aliphatic heterocycles. The molecule has 1 atom stereocenters. The van der Waals surface area contributed by atoms with Crippen LogP contribution in [0.1, 0.15) is 12.8 Å². The van der Waals surface area contributed by atoms with Crippen LogP contribution < -0.4 is 21.1 Å². The molecule has 7 heteroatoms. The number of hydrogen-bond donors (Lipinski definition) is 2. The van der Waals surface area contributed by atoms with Crippen LogP contribution in [-0.4, -0.2) is 35.6 Å². The lowest BCUT2D eigenvalue weighted by molar-refractivity contribution is -0.119. The summed E-state index contributed by atoms with van der Waals surface area (Å²) >= 11 is 0. The highest BCUT2D eigenvalue weighted by Crippen LogP contribution is 2.34. The molecule has 1 aromatic heterocycles. The zero-order valence-electron chi connectivity index (χ0n) is 9.59. The van der Waals surface area contributed by atoms with E-state index in [1.54, 1.807) is 0 Å². The van der Waals surface area contributed by atoms with Crippen molar-refractivity contribution in [1.29, 1.82) is 0 Å². The van der Waals surface area contributed by atoms with Gasteiger partial charge in [0.1, 0.15) is 12.4 Å². The number of carbonyl (C=O) groups is 1. The summed E-state index contributed by atoms with van der Waals surface area (Å²) in [5.74, 6) is 0.816. The van der Waals surface area contributed by atoms with Crippen molar-refractivity contribution in [3.8, 4) is 5.75 Å². The van der Waals surface area contributed by atoms with E-state index in [0.717, 1.165) is 12.8 Å². The van der Waals surface area contributed by atoms with Gasteiger partial charge in [0.05, 0.1) is 7.11 Å². The van der Waals surface area contributed by atoms with Crippen LogP contribution >= 0.6 is 0 Å². The Balaban J connectivity index is 2.39. The Morgan fingerprint density at radius 2 is 2.35 bits per heavy atom. The highest BCUT2D eigenvalue weighted by molar-refractivity contribution is 5.85. The molecule has 0 saturated carbocycles. The Kier molecular flexibility index (Phi) is 2.99. The second-order valence-electron chi connectivity index (χ2n) is 3.87. The Bertz CT molecular complexity index is 437. The van der Waals surface area contributed by atoms with Crippen LogP contribution in [-0.2, 0) is 4.79 Å². The minimum Gasteiger partial charge on any atom is -0.490 e. The summed E-state index contributed by atoms with van der Waals surface area (Å²) < 4.78 is 5.17. The summed E-state index contributed by atoms with van der Waals surface area (Å²) in [7, 11) is 1.49. The third kappa shape index (κ3) is 1.95. The third-order valence-corrected chi connectivity index (χ3v) is 2.87. The second-order valence-corrected chi connectivity index (χ2v) is 3.87. The van der Waals surface area contributed by atoms with Gasteiger partial charge in [-0.15, -0.1) is 0 Å². The number of nitrogens with two attached hydrogens (primary N) is 2. The largest absolute Gasteiger partial charge is 0.490 e. The maximum Gasteiger partial charge on any atom is 0.240 e. The Hall–Kier alpha value is -2.05. The molecule has 1 aromatic rings. The Morgan fingerprint density at radius 1 is 1.59 bits per heavy atom. The molecule has 0 radical (unpaired) electrons. The van der Waals surface area contributed by atoms with Crippen LogP contribution in [0.4, 0.5) is 11.6 Å². The van der Waals surface area contributed by atoms with Gasteiger partial charge in [0, 0.05) is 6.54 Å². The Labute approximate surface area is 98.8 Å². The molecule has 1 amide bonds. The lowest BCUT2D eigenvalue weighted by atomic mass is 10.2. The summed E-state index contributed by atoms with van der Waals surface area (Å²) in [6, 6.07) is -0.349. The molecule has 7 nitrogen and oxygen atoms in total. The summed E-state index contributed by atoms with van der Waals surface area (Å²) in [5, 5.41) is 0. The number of hydrogen-bond acceptors (Lipinski definition) is 6. The number of nitrogen functional groups attached to an aromatic ring is 1. The maximum atomic E-state index is 11.3. The summed E-state index contributed by atoms with van der Waals surface area (Å²) in [5.41, 5.74) is 11.1. The molecular weight excluding hydrogens is 222 g/mol. The zero-order valence-corrected chi connectivity index (χ0v) is 9.59. The normalized spacial score (nSPS) is 19.4. The van der Waals surface area contributed by atoms with E-state index < -0.39 is 0 Å². The fourth-order valence-electron chi connectivity index (χ4n) is 2.09. The van der Waals surface area contributed by atoms with Crippen molar-refractivity contribution in [3.63, 3.8) is 0 Å². The van der Waals surface area contributed by atoms with Gasteiger partial charge < -0.3 is 21.1 Å². The SMILES string of the molecule is COc1c(N)ncnc1N1CCCC1C(N)=O. The molecule has 0 spiro atoms. The van der Waals surface area contributed by atoms with Crippen LogP contribution in [0.2, 0.25) is 0 Å². The summed E-state index contributed by atoms with van der Waals surface area (Å²) in [4.78, 5) is 21.1. The number of aromatic nitrogens is 2. The third-order valence-electron chi connectivity index (χ3n) is 2.87. The number of nitrogens with zero attached hydrogens (tertiary/aromatic N) is 3. The summed E-state index contributed by atoms with van der Waals surface area (Å²) in [6.07, 6.45) is 2.96. The molecule has 4 N–H and O–H groups in total. The van der Waals surface area contributed by atoms with Crippen molar-refractivity contribution < 1.29 is 9.53 Å². The lowest BCUT2D eigenvalue weighted by Crippen LogP contribution is -2.41. The van der Waals surface area contributed by atoms with E-state index in [1.165, 1.54) is 13.4 Å².